The molecule has 8 rings (SSSR count). The monoisotopic (exact) mass is 507 g/mol. The van der Waals surface area contributed by atoms with Gasteiger partial charge in [-0.05, 0) is 82.4 Å². The van der Waals surface area contributed by atoms with E-state index in [4.69, 9.17) is 4.98 Å². The molecule has 0 unspecified atom stereocenters. The molecule has 4 saturated carbocycles. The van der Waals surface area contributed by atoms with Gasteiger partial charge in [0.15, 0.2) is 0 Å². The molecule has 6 nitrogen and oxygen atoms in total. The van der Waals surface area contributed by atoms with Gasteiger partial charge in [0, 0.05) is 48.1 Å². The summed E-state index contributed by atoms with van der Waals surface area (Å²) in [6, 6.07) is 6.01. The quantitative estimate of drug-likeness (QED) is 0.515. The number of thiazole rings is 1. The highest BCUT2D eigenvalue weighted by atomic mass is 32.1. The van der Waals surface area contributed by atoms with E-state index < -0.39 is 5.67 Å². The van der Waals surface area contributed by atoms with E-state index in [2.05, 4.69) is 15.3 Å². The SMILES string of the molecule is Cn1cc2c(C(=O)N[C@H]3CC[C@H](CCN4CCc5sc(C67CC(F)(C6)C7)nc5C4)CC3)cccc2n1. The molecule has 0 spiro atoms. The van der Waals surface area contributed by atoms with Crippen molar-refractivity contribution in [3.63, 3.8) is 0 Å². The Hall–Kier alpha value is -2.32. The average Bonchev–Trinajstić information content (AvgIpc) is 3.42. The Morgan fingerprint density at radius 3 is 2.81 bits per heavy atom. The molecule has 0 radical (unpaired) electrons. The van der Waals surface area contributed by atoms with Crippen molar-refractivity contribution >= 4 is 28.1 Å². The number of halogens is 1. The van der Waals surface area contributed by atoms with E-state index >= 15 is 0 Å². The minimum Gasteiger partial charge on any atom is -0.349 e. The normalized spacial score (nSPS) is 31.5. The number of hydrogen-bond acceptors (Lipinski definition) is 5. The Labute approximate surface area is 215 Å². The van der Waals surface area contributed by atoms with Crippen LogP contribution < -0.4 is 5.32 Å². The van der Waals surface area contributed by atoms with E-state index in [0.29, 0.717) is 19.3 Å². The summed E-state index contributed by atoms with van der Waals surface area (Å²) in [5.41, 5.74) is 2.08. The van der Waals surface area contributed by atoms with Crippen molar-refractivity contribution in [2.24, 2.45) is 13.0 Å². The van der Waals surface area contributed by atoms with Crippen LogP contribution in [0.5, 0.6) is 0 Å². The predicted molar refractivity (Wildman–Crippen MR) is 139 cm³/mol. The smallest absolute Gasteiger partial charge is 0.252 e. The highest BCUT2D eigenvalue weighted by Gasteiger charge is 2.71. The third-order valence-electron chi connectivity index (χ3n) is 9.17. The zero-order valence-electron chi connectivity index (χ0n) is 20.9. The minimum atomic E-state index is -0.854. The number of hydrogen-bond donors (Lipinski definition) is 1. The molecule has 1 aliphatic heterocycles. The number of fused-ring (bicyclic) bond motifs is 2. The van der Waals surface area contributed by atoms with Crippen LogP contribution in [0.2, 0.25) is 0 Å². The number of carbonyl (C=O) groups excluding carboxylic acids is 1. The van der Waals surface area contributed by atoms with Gasteiger partial charge in [0.05, 0.1) is 21.8 Å². The first-order valence-electron chi connectivity index (χ1n) is 13.5. The van der Waals surface area contributed by atoms with Crippen molar-refractivity contribution in [3.8, 4) is 0 Å². The molecule has 3 heterocycles. The van der Waals surface area contributed by atoms with Crippen LogP contribution in [0.15, 0.2) is 24.4 Å². The molecule has 1 aromatic carbocycles. The molecule has 8 heteroatoms. The molecular formula is C28H34FN5OS. The van der Waals surface area contributed by atoms with Crippen molar-refractivity contribution in [1.29, 1.82) is 0 Å². The molecule has 3 aromatic rings. The second kappa shape index (κ2) is 8.35. The van der Waals surface area contributed by atoms with Crippen LogP contribution in [-0.2, 0) is 25.4 Å². The van der Waals surface area contributed by atoms with Crippen LogP contribution in [0.3, 0.4) is 0 Å². The average molecular weight is 508 g/mol. The minimum absolute atomic E-state index is 0.0179. The maximum Gasteiger partial charge on any atom is 0.252 e. The van der Waals surface area contributed by atoms with E-state index in [1.165, 1.54) is 34.8 Å². The first-order chi connectivity index (χ1) is 17.4. The Bertz CT molecular complexity index is 1300. The van der Waals surface area contributed by atoms with Gasteiger partial charge in [-0.1, -0.05) is 6.07 Å². The van der Waals surface area contributed by atoms with Crippen LogP contribution in [0.25, 0.3) is 10.9 Å². The first-order valence-corrected chi connectivity index (χ1v) is 14.3. The fraction of sp³-hybridized carbons (Fsp3) is 0.607. The summed E-state index contributed by atoms with van der Waals surface area (Å²) in [4.78, 5) is 22.0. The molecule has 2 aromatic heterocycles. The zero-order valence-corrected chi connectivity index (χ0v) is 21.7. The standard InChI is InChI=1S/C28H34FN5OS/c1-33-13-21-20(3-2-4-22(21)32-33)25(35)30-19-7-5-18(6-8-19)9-11-34-12-10-24-23(14-34)31-26(36-24)27-15-28(29,16-27)17-27/h2-4,13,18-19H,5-12,14-17H2,1H3,(H,30,35)/t18-,19-,27?,28?. The van der Waals surface area contributed by atoms with Gasteiger partial charge in [-0.15, -0.1) is 11.3 Å². The summed E-state index contributed by atoms with van der Waals surface area (Å²) < 4.78 is 15.8. The van der Waals surface area contributed by atoms with Crippen LogP contribution >= 0.6 is 11.3 Å². The molecule has 36 heavy (non-hydrogen) atoms. The topological polar surface area (TPSA) is 63.1 Å². The lowest BCUT2D eigenvalue weighted by molar-refractivity contribution is -0.158. The number of aryl methyl sites for hydroxylation is 1. The van der Waals surface area contributed by atoms with Crippen LogP contribution in [0.4, 0.5) is 4.39 Å². The molecule has 0 saturated heterocycles. The Morgan fingerprint density at radius 2 is 2.03 bits per heavy atom. The van der Waals surface area contributed by atoms with Crippen molar-refractivity contribution in [2.75, 3.05) is 13.1 Å². The van der Waals surface area contributed by atoms with Gasteiger partial charge in [-0.25, -0.2) is 9.37 Å². The van der Waals surface area contributed by atoms with Crippen LogP contribution in [-0.4, -0.2) is 50.4 Å². The Balaban J connectivity index is 0.886. The lowest BCUT2D eigenvalue weighted by Gasteiger charge is -2.64. The van der Waals surface area contributed by atoms with Gasteiger partial charge < -0.3 is 5.32 Å². The molecule has 190 valence electrons. The molecule has 0 atom stereocenters. The van der Waals surface area contributed by atoms with Crippen LogP contribution in [0, 0.1) is 5.92 Å². The summed E-state index contributed by atoms with van der Waals surface area (Å²) in [6.45, 7) is 3.18. The Kier molecular flexibility index (Phi) is 5.30. The van der Waals surface area contributed by atoms with Crippen molar-refractivity contribution < 1.29 is 9.18 Å². The predicted octanol–water partition coefficient (Wildman–Crippen LogP) is 4.91. The highest BCUT2D eigenvalue weighted by Crippen LogP contribution is 2.70. The summed E-state index contributed by atoms with van der Waals surface area (Å²) >= 11 is 1.86. The van der Waals surface area contributed by atoms with E-state index in [1.54, 1.807) is 4.68 Å². The summed E-state index contributed by atoms with van der Waals surface area (Å²) in [7, 11) is 1.89. The number of nitrogens with one attached hydrogen (secondary N) is 1. The van der Waals surface area contributed by atoms with Crippen LogP contribution in [0.1, 0.15) is 77.3 Å². The highest BCUT2D eigenvalue weighted by molar-refractivity contribution is 7.12. The van der Waals surface area contributed by atoms with Crippen molar-refractivity contribution in [2.45, 2.75) is 81.5 Å². The molecule has 4 aliphatic carbocycles. The van der Waals surface area contributed by atoms with Crippen molar-refractivity contribution in [1.82, 2.24) is 25.0 Å². The number of alkyl halides is 1. The number of aromatic nitrogens is 3. The number of carbonyl (C=O) groups is 1. The van der Waals surface area contributed by atoms with Crippen molar-refractivity contribution in [3.05, 3.63) is 45.5 Å². The van der Waals surface area contributed by atoms with Gasteiger partial charge in [0.2, 0.25) is 0 Å². The van der Waals surface area contributed by atoms with Gasteiger partial charge in [-0.2, -0.15) is 5.10 Å². The maximum absolute atomic E-state index is 14.0. The van der Waals surface area contributed by atoms with Gasteiger partial charge in [-0.3, -0.25) is 14.4 Å². The number of benzene rings is 1. The largest absolute Gasteiger partial charge is 0.349 e. The lowest BCUT2D eigenvalue weighted by atomic mass is 9.42. The first kappa shape index (κ1) is 22.8. The maximum atomic E-state index is 14.0. The second-order valence-electron chi connectivity index (χ2n) is 11.9. The molecular weight excluding hydrogens is 473 g/mol. The molecule has 2 bridgehead atoms. The summed E-state index contributed by atoms with van der Waals surface area (Å²) in [5.74, 6) is 0.748. The van der Waals surface area contributed by atoms with Gasteiger partial charge in [0.25, 0.3) is 5.91 Å². The third kappa shape index (κ3) is 3.88. The number of nitrogens with zero attached hydrogens (tertiary/aromatic N) is 4. The fourth-order valence-corrected chi connectivity index (χ4v) is 8.39. The van der Waals surface area contributed by atoms with Gasteiger partial charge in [0.1, 0.15) is 5.67 Å². The molecule has 1 N–H and O–H groups in total. The zero-order chi connectivity index (χ0) is 24.5. The number of rotatable bonds is 6. The Morgan fingerprint density at radius 1 is 1.22 bits per heavy atom. The second-order valence-corrected chi connectivity index (χ2v) is 13.0. The van der Waals surface area contributed by atoms with E-state index in [1.807, 2.05) is 42.8 Å². The molecule has 4 fully saturated rings. The van der Waals surface area contributed by atoms with E-state index in [0.717, 1.165) is 61.3 Å². The molecule has 5 aliphatic rings. The van der Waals surface area contributed by atoms with Gasteiger partial charge >= 0.3 is 0 Å². The number of amides is 1. The summed E-state index contributed by atoms with van der Waals surface area (Å²) in [5, 5.41) is 9.84. The summed E-state index contributed by atoms with van der Waals surface area (Å²) in [6.07, 6.45) is 10.8. The fourth-order valence-electron chi connectivity index (χ4n) is 7.14. The third-order valence-corrected chi connectivity index (χ3v) is 10.6. The van der Waals surface area contributed by atoms with E-state index in [9.17, 15) is 9.18 Å². The molecule has 1 amide bonds. The lowest BCUT2D eigenvalue weighted by Crippen LogP contribution is -2.67. The van der Waals surface area contributed by atoms with E-state index in [-0.39, 0.29) is 17.4 Å².